The number of ether oxygens (including phenoxy) is 1. The number of hydrogen-bond acceptors (Lipinski definition) is 4. The third-order valence-electron chi connectivity index (χ3n) is 3.55. The van der Waals surface area contributed by atoms with Crippen molar-refractivity contribution in [3.8, 4) is 16.9 Å². The average Bonchev–Trinajstić information content (AvgIpc) is 2.55. The predicted octanol–water partition coefficient (Wildman–Crippen LogP) is 4.67. The van der Waals surface area contributed by atoms with Crippen molar-refractivity contribution in [1.82, 2.24) is 0 Å². The zero-order valence-electron chi connectivity index (χ0n) is 13.2. The van der Waals surface area contributed by atoms with Crippen LogP contribution in [0, 0.1) is 5.92 Å². The standard InChI is InChI=1S/C19H15ClO4/c1-11(2)18(21)23-15-8-5-13-9-16(19(22)24-17(13)10-15)12-3-6-14(20)7-4-12/h3-11H,1-2H3. The molecule has 1 aromatic heterocycles. The molecule has 0 radical (unpaired) electrons. The van der Waals surface area contributed by atoms with Crippen molar-refractivity contribution in [3.05, 3.63) is 64.0 Å². The number of rotatable bonds is 3. The molecule has 0 saturated heterocycles. The summed E-state index contributed by atoms with van der Waals surface area (Å²) in [5.41, 5.74) is 1.08. The summed E-state index contributed by atoms with van der Waals surface area (Å²) in [6.07, 6.45) is 0. The minimum absolute atomic E-state index is 0.236. The lowest BCUT2D eigenvalue weighted by molar-refractivity contribution is -0.137. The van der Waals surface area contributed by atoms with E-state index in [1.54, 1.807) is 62.4 Å². The molecule has 122 valence electrons. The molecular formula is C19H15ClO4. The van der Waals surface area contributed by atoms with Gasteiger partial charge in [-0.3, -0.25) is 4.79 Å². The lowest BCUT2D eigenvalue weighted by Crippen LogP contribution is -2.14. The number of hydrogen-bond donors (Lipinski definition) is 0. The van der Waals surface area contributed by atoms with Gasteiger partial charge in [0, 0.05) is 16.5 Å². The Bertz CT molecular complexity index is 955. The molecule has 0 fully saturated rings. The van der Waals surface area contributed by atoms with Crippen LogP contribution in [0.2, 0.25) is 5.02 Å². The number of carbonyl (C=O) groups is 1. The van der Waals surface area contributed by atoms with E-state index in [9.17, 15) is 9.59 Å². The molecule has 2 aromatic carbocycles. The van der Waals surface area contributed by atoms with Crippen LogP contribution in [0.5, 0.6) is 5.75 Å². The average molecular weight is 343 g/mol. The first-order chi connectivity index (χ1) is 11.4. The molecule has 0 N–H and O–H groups in total. The van der Waals surface area contributed by atoms with Gasteiger partial charge in [-0.25, -0.2) is 4.79 Å². The van der Waals surface area contributed by atoms with Crippen LogP contribution in [-0.2, 0) is 4.79 Å². The van der Waals surface area contributed by atoms with Gasteiger partial charge >= 0.3 is 11.6 Å². The highest BCUT2D eigenvalue weighted by Gasteiger charge is 2.12. The second-order valence-corrected chi connectivity index (χ2v) is 6.17. The SMILES string of the molecule is CC(C)C(=O)Oc1ccc2cc(-c3ccc(Cl)cc3)c(=O)oc2c1. The molecule has 0 aliphatic rings. The molecule has 1 heterocycles. The predicted molar refractivity (Wildman–Crippen MR) is 93.4 cm³/mol. The Morgan fingerprint density at radius 3 is 2.46 bits per heavy atom. The summed E-state index contributed by atoms with van der Waals surface area (Å²) in [6, 6.07) is 13.7. The maximum absolute atomic E-state index is 12.3. The Morgan fingerprint density at radius 1 is 1.08 bits per heavy atom. The highest BCUT2D eigenvalue weighted by molar-refractivity contribution is 6.30. The van der Waals surface area contributed by atoms with Crippen LogP contribution in [0.1, 0.15) is 13.8 Å². The summed E-state index contributed by atoms with van der Waals surface area (Å²) < 4.78 is 10.6. The van der Waals surface area contributed by atoms with Crippen LogP contribution in [0.4, 0.5) is 0 Å². The molecule has 0 unspecified atom stereocenters. The molecule has 4 nitrogen and oxygen atoms in total. The van der Waals surface area contributed by atoms with E-state index in [1.165, 1.54) is 0 Å². The normalized spacial score (nSPS) is 11.0. The number of halogens is 1. The minimum Gasteiger partial charge on any atom is -0.426 e. The van der Waals surface area contributed by atoms with Crippen LogP contribution < -0.4 is 10.4 Å². The molecule has 0 saturated carbocycles. The molecule has 3 aromatic rings. The Labute approximate surface area is 143 Å². The molecule has 0 aliphatic carbocycles. The quantitative estimate of drug-likeness (QED) is 0.394. The van der Waals surface area contributed by atoms with Crippen LogP contribution in [0.3, 0.4) is 0 Å². The molecule has 0 bridgehead atoms. The van der Waals surface area contributed by atoms with Gasteiger partial charge in [-0.15, -0.1) is 0 Å². The molecule has 5 heteroatoms. The second-order valence-electron chi connectivity index (χ2n) is 5.73. The van der Waals surface area contributed by atoms with Crippen molar-refractivity contribution in [3.63, 3.8) is 0 Å². The summed E-state index contributed by atoms with van der Waals surface area (Å²) in [6.45, 7) is 3.50. The highest BCUT2D eigenvalue weighted by Crippen LogP contribution is 2.25. The Hall–Kier alpha value is -2.59. The maximum Gasteiger partial charge on any atom is 0.344 e. The van der Waals surface area contributed by atoms with Crippen molar-refractivity contribution in [1.29, 1.82) is 0 Å². The lowest BCUT2D eigenvalue weighted by atomic mass is 10.1. The number of carbonyl (C=O) groups excluding carboxylic acids is 1. The molecule has 24 heavy (non-hydrogen) atoms. The fraction of sp³-hybridized carbons (Fsp3) is 0.158. The first-order valence-electron chi connectivity index (χ1n) is 7.49. The van der Waals surface area contributed by atoms with Gasteiger partial charge < -0.3 is 9.15 Å². The van der Waals surface area contributed by atoms with Crippen molar-refractivity contribution < 1.29 is 13.9 Å². The zero-order chi connectivity index (χ0) is 17.3. The summed E-state index contributed by atoms with van der Waals surface area (Å²) in [5, 5.41) is 1.34. The van der Waals surface area contributed by atoms with Crippen molar-refractivity contribution in [2.75, 3.05) is 0 Å². The molecule has 0 atom stereocenters. The molecule has 0 aliphatic heterocycles. The largest absolute Gasteiger partial charge is 0.426 e. The Balaban J connectivity index is 2.02. The summed E-state index contributed by atoms with van der Waals surface area (Å²) in [5.74, 6) is -0.224. The first-order valence-corrected chi connectivity index (χ1v) is 7.87. The van der Waals surface area contributed by atoms with Crippen molar-refractivity contribution in [2.45, 2.75) is 13.8 Å². The van der Waals surface area contributed by atoms with Gasteiger partial charge in [0.05, 0.1) is 11.5 Å². The zero-order valence-corrected chi connectivity index (χ0v) is 14.0. The van der Waals surface area contributed by atoms with Crippen LogP contribution in [-0.4, -0.2) is 5.97 Å². The van der Waals surface area contributed by atoms with Gasteiger partial charge in [0.25, 0.3) is 0 Å². The van der Waals surface area contributed by atoms with E-state index in [0.29, 0.717) is 21.9 Å². The van der Waals surface area contributed by atoms with Crippen LogP contribution >= 0.6 is 11.6 Å². The number of fused-ring (bicyclic) bond motifs is 1. The van der Waals surface area contributed by atoms with Gasteiger partial charge in [-0.05, 0) is 35.9 Å². The highest BCUT2D eigenvalue weighted by atomic mass is 35.5. The smallest absolute Gasteiger partial charge is 0.344 e. The van der Waals surface area contributed by atoms with E-state index < -0.39 is 5.63 Å². The monoisotopic (exact) mass is 342 g/mol. The first kappa shape index (κ1) is 16.3. The summed E-state index contributed by atoms with van der Waals surface area (Å²) in [7, 11) is 0. The molecular weight excluding hydrogens is 328 g/mol. The van der Waals surface area contributed by atoms with Gasteiger partial charge in [0.15, 0.2) is 0 Å². The van der Waals surface area contributed by atoms with E-state index in [4.69, 9.17) is 20.8 Å². The minimum atomic E-state index is -0.461. The molecule has 0 amide bonds. The fourth-order valence-corrected chi connectivity index (χ4v) is 2.35. The van der Waals surface area contributed by atoms with E-state index in [1.807, 2.05) is 0 Å². The third-order valence-corrected chi connectivity index (χ3v) is 3.80. The maximum atomic E-state index is 12.3. The van der Waals surface area contributed by atoms with E-state index in [0.717, 1.165) is 10.9 Å². The van der Waals surface area contributed by atoms with Crippen LogP contribution in [0.25, 0.3) is 22.1 Å². The topological polar surface area (TPSA) is 56.5 Å². The van der Waals surface area contributed by atoms with Gasteiger partial charge in [0.1, 0.15) is 11.3 Å². The van der Waals surface area contributed by atoms with E-state index in [2.05, 4.69) is 0 Å². The van der Waals surface area contributed by atoms with Gasteiger partial charge in [0.2, 0.25) is 0 Å². The number of esters is 1. The van der Waals surface area contributed by atoms with Gasteiger partial charge in [-0.1, -0.05) is 37.6 Å². The molecule has 0 spiro atoms. The molecule has 3 rings (SSSR count). The summed E-state index contributed by atoms with van der Waals surface area (Å²) >= 11 is 5.87. The van der Waals surface area contributed by atoms with Crippen molar-refractivity contribution in [2.24, 2.45) is 5.92 Å². The Kier molecular flexibility index (Phi) is 4.40. The summed E-state index contributed by atoms with van der Waals surface area (Å²) in [4.78, 5) is 23.9. The van der Waals surface area contributed by atoms with E-state index in [-0.39, 0.29) is 11.9 Å². The van der Waals surface area contributed by atoms with Crippen molar-refractivity contribution >= 4 is 28.5 Å². The third kappa shape index (κ3) is 3.34. The van der Waals surface area contributed by atoms with Gasteiger partial charge in [-0.2, -0.15) is 0 Å². The van der Waals surface area contributed by atoms with E-state index >= 15 is 0 Å². The van der Waals surface area contributed by atoms with Crippen LogP contribution in [0.15, 0.2) is 57.7 Å². The Morgan fingerprint density at radius 2 is 1.79 bits per heavy atom. The number of benzene rings is 2. The second kappa shape index (κ2) is 6.49. The lowest BCUT2D eigenvalue weighted by Gasteiger charge is -2.08. The fourth-order valence-electron chi connectivity index (χ4n) is 2.22.